The maximum atomic E-state index is 12.5. The third kappa shape index (κ3) is 3.45. The van der Waals surface area contributed by atoms with Gasteiger partial charge >= 0.3 is 0 Å². The molecule has 3 aromatic rings. The van der Waals surface area contributed by atoms with Crippen LogP contribution in [0.1, 0.15) is 35.6 Å². The zero-order chi connectivity index (χ0) is 18.1. The Morgan fingerprint density at radius 1 is 1.24 bits per heavy atom. The van der Waals surface area contributed by atoms with E-state index in [1.807, 2.05) is 26.0 Å². The summed E-state index contributed by atoms with van der Waals surface area (Å²) in [5.41, 5.74) is 3.74. The lowest BCUT2D eigenvalue weighted by atomic mass is 10.0. The van der Waals surface area contributed by atoms with Gasteiger partial charge in [0.1, 0.15) is 0 Å². The first-order chi connectivity index (χ1) is 11.9. The van der Waals surface area contributed by atoms with E-state index in [0.717, 1.165) is 26.7 Å². The molecule has 1 atom stereocenters. The Morgan fingerprint density at radius 3 is 2.52 bits per heavy atom. The van der Waals surface area contributed by atoms with E-state index in [9.17, 15) is 9.90 Å². The number of aryl methyl sites for hydroxylation is 2. The molecule has 0 fully saturated rings. The number of aromatic nitrogens is 2. The van der Waals surface area contributed by atoms with Crippen molar-refractivity contribution in [2.75, 3.05) is 6.61 Å². The van der Waals surface area contributed by atoms with Crippen LogP contribution in [-0.2, 0) is 0 Å². The van der Waals surface area contributed by atoms with Crippen LogP contribution in [0.4, 0.5) is 0 Å². The predicted octanol–water partition coefficient (Wildman–Crippen LogP) is 3.45. The van der Waals surface area contributed by atoms with Crippen LogP contribution in [0, 0.1) is 19.8 Å². The van der Waals surface area contributed by atoms with Crippen LogP contribution in [0.3, 0.4) is 0 Å². The second-order valence-corrected chi connectivity index (χ2v) is 7.65. The van der Waals surface area contributed by atoms with Crippen molar-refractivity contribution < 1.29 is 9.90 Å². The molecule has 1 unspecified atom stereocenters. The molecule has 25 heavy (non-hydrogen) atoms. The normalized spacial score (nSPS) is 12.7. The first-order valence-corrected chi connectivity index (χ1v) is 9.20. The van der Waals surface area contributed by atoms with Gasteiger partial charge in [-0.25, -0.2) is 4.98 Å². The minimum atomic E-state index is -0.245. The quantitative estimate of drug-likeness (QED) is 0.735. The molecule has 0 saturated heterocycles. The fourth-order valence-electron chi connectivity index (χ4n) is 2.79. The van der Waals surface area contributed by atoms with Crippen LogP contribution >= 0.6 is 11.3 Å². The third-order valence-electron chi connectivity index (χ3n) is 4.42. The molecule has 132 valence electrons. The molecule has 1 amide bonds. The zero-order valence-electron chi connectivity index (χ0n) is 14.9. The number of carbonyl (C=O) groups excluding carboxylic acids is 1. The maximum absolute atomic E-state index is 12.5. The highest BCUT2D eigenvalue weighted by atomic mass is 32.1. The van der Waals surface area contributed by atoms with Gasteiger partial charge in [0.05, 0.1) is 22.9 Å². The molecule has 0 aliphatic carbocycles. The van der Waals surface area contributed by atoms with Gasteiger partial charge in [0.2, 0.25) is 0 Å². The van der Waals surface area contributed by atoms with Gasteiger partial charge in [0.15, 0.2) is 5.13 Å². The molecule has 0 aliphatic rings. The lowest BCUT2D eigenvalue weighted by Crippen LogP contribution is -2.41. The van der Waals surface area contributed by atoms with Crippen LogP contribution < -0.4 is 5.32 Å². The summed E-state index contributed by atoms with van der Waals surface area (Å²) in [6.07, 6.45) is 0. The zero-order valence-corrected chi connectivity index (χ0v) is 15.7. The van der Waals surface area contributed by atoms with Crippen LogP contribution in [0.15, 0.2) is 30.3 Å². The number of fused-ring (bicyclic) bond motifs is 1. The van der Waals surface area contributed by atoms with Gasteiger partial charge in [-0.1, -0.05) is 25.2 Å². The highest BCUT2D eigenvalue weighted by Crippen LogP contribution is 2.28. The number of carbonyl (C=O) groups is 1. The Bertz CT molecular complexity index is 891. The summed E-state index contributed by atoms with van der Waals surface area (Å²) in [5.74, 6) is 0.00491. The summed E-state index contributed by atoms with van der Waals surface area (Å²) >= 11 is 1.57. The topological polar surface area (TPSA) is 67.2 Å². The van der Waals surface area contributed by atoms with Crippen LogP contribution in [0.25, 0.3) is 15.3 Å². The van der Waals surface area contributed by atoms with Crippen LogP contribution in [-0.4, -0.2) is 33.2 Å². The Morgan fingerprint density at radius 2 is 1.92 bits per heavy atom. The number of benzene rings is 1. The molecule has 0 spiro atoms. The minimum Gasteiger partial charge on any atom is -0.394 e. The number of amides is 1. The van der Waals surface area contributed by atoms with Crippen molar-refractivity contribution in [3.8, 4) is 5.13 Å². The van der Waals surface area contributed by atoms with Crippen LogP contribution in [0.2, 0.25) is 0 Å². The number of aliphatic hydroxyl groups excluding tert-OH is 1. The number of aliphatic hydroxyl groups is 1. The summed E-state index contributed by atoms with van der Waals surface area (Å²) in [5, 5.41) is 13.2. The van der Waals surface area contributed by atoms with Crippen molar-refractivity contribution in [2.45, 2.75) is 33.7 Å². The molecular formula is C19H23N3O2S. The van der Waals surface area contributed by atoms with Crippen molar-refractivity contribution in [3.05, 3.63) is 47.3 Å². The Hall–Kier alpha value is -2.18. The van der Waals surface area contributed by atoms with E-state index in [1.54, 1.807) is 17.4 Å². The molecular weight excluding hydrogens is 334 g/mol. The fraction of sp³-hybridized carbons (Fsp3) is 0.368. The van der Waals surface area contributed by atoms with Gasteiger partial charge in [-0.05, 0) is 50.1 Å². The Labute approximate surface area is 151 Å². The number of nitrogens with one attached hydrogen (secondary N) is 1. The molecule has 0 bridgehead atoms. The summed E-state index contributed by atoms with van der Waals surface area (Å²) < 4.78 is 3.09. The van der Waals surface area contributed by atoms with Crippen molar-refractivity contribution in [3.63, 3.8) is 0 Å². The molecule has 2 N–H and O–H groups in total. The largest absolute Gasteiger partial charge is 0.394 e. The highest BCUT2D eigenvalue weighted by Gasteiger charge is 2.17. The van der Waals surface area contributed by atoms with E-state index in [4.69, 9.17) is 4.98 Å². The van der Waals surface area contributed by atoms with E-state index in [-0.39, 0.29) is 24.5 Å². The average molecular weight is 357 g/mol. The van der Waals surface area contributed by atoms with Crippen molar-refractivity contribution in [1.29, 1.82) is 0 Å². The summed E-state index contributed by atoms with van der Waals surface area (Å²) in [4.78, 5) is 17.2. The van der Waals surface area contributed by atoms with Crippen molar-refractivity contribution in [1.82, 2.24) is 14.9 Å². The molecule has 5 nitrogen and oxygen atoms in total. The van der Waals surface area contributed by atoms with E-state index in [1.165, 1.54) is 0 Å². The van der Waals surface area contributed by atoms with E-state index in [0.29, 0.717) is 5.56 Å². The van der Waals surface area contributed by atoms with Gasteiger partial charge in [-0.15, -0.1) is 0 Å². The number of hydrogen-bond donors (Lipinski definition) is 2. The van der Waals surface area contributed by atoms with Crippen molar-refractivity contribution in [2.24, 2.45) is 5.92 Å². The van der Waals surface area contributed by atoms with Gasteiger partial charge in [0, 0.05) is 17.0 Å². The fourth-order valence-corrected chi connectivity index (χ4v) is 3.92. The molecule has 0 saturated carbocycles. The standard InChI is InChI=1S/C19H23N3O2S/c1-11(2)16(10-23)20-18(24)14-7-8-15-17(9-14)25-19(21-15)22-12(3)5-6-13(22)4/h5-9,11,16,23H,10H2,1-4H3,(H,20,24). The number of nitrogens with zero attached hydrogens (tertiary/aromatic N) is 2. The van der Waals surface area contributed by atoms with E-state index in [2.05, 4.69) is 35.9 Å². The van der Waals surface area contributed by atoms with Gasteiger partial charge in [-0.3, -0.25) is 9.36 Å². The minimum absolute atomic E-state index is 0.0669. The van der Waals surface area contributed by atoms with Gasteiger partial charge in [-0.2, -0.15) is 0 Å². The van der Waals surface area contributed by atoms with Gasteiger partial charge < -0.3 is 10.4 Å². The van der Waals surface area contributed by atoms with E-state index >= 15 is 0 Å². The summed E-state index contributed by atoms with van der Waals surface area (Å²) in [6.45, 7) is 7.99. The monoisotopic (exact) mass is 357 g/mol. The number of hydrogen-bond acceptors (Lipinski definition) is 4. The molecule has 0 radical (unpaired) electrons. The summed E-state index contributed by atoms with van der Waals surface area (Å²) in [7, 11) is 0. The number of rotatable bonds is 5. The molecule has 2 aromatic heterocycles. The molecule has 1 aromatic carbocycles. The molecule has 0 aliphatic heterocycles. The second kappa shape index (κ2) is 6.98. The lowest BCUT2D eigenvalue weighted by molar-refractivity contribution is 0.0897. The molecule has 3 rings (SSSR count). The smallest absolute Gasteiger partial charge is 0.251 e. The lowest BCUT2D eigenvalue weighted by Gasteiger charge is -2.19. The first kappa shape index (κ1) is 17.6. The van der Waals surface area contributed by atoms with Crippen LogP contribution in [0.5, 0.6) is 0 Å². The van der Waals surface area contributed by atoms with E-state index < -0.39 is 0 Å². The van der Waals surface area contributed by atoms with Gasteiger partial charge in [0.25, 0.3) is 5.91 Å². The number of thiazole rings is 1. The van der Waals surface area contributed by atoms with Crippen molar-refractivity contribution >= 4 is 27.5 Å². The predicted molar refractivity (Wildman–Crippen MR) is 102 cm³/mol. The second-order valence-electron chi connectivity index (χ2n) is 6.64. The SMILES string of the molecule is Cc1ccc(C)n1-c1nc2ccc(C(=O)NC(CO)C(C)C)cc2s1. The Balaban J connectivity index is 1.92. The Kier molecular flexibility index (Phi) is 4.92. The maximum Gasteiger partial charge on any atom is 0.251 e. The molecule has 2 heterocycles. The summed E-state index contributed by atoms with van der Waals surface area (Å²) in [6, 6.07) is 9.43. The average Bonchev–Trinajstić information content (AvgIpc) is 3.13. The first-order valence-electron chi connectivity index (χ1n) is 8.38. The molecule has 6 heteroatoms. The third-order valence-corrected chi connectivity index (χ3v) is 5.42. The highest BCUT2D eigenvalue weighted by molar-refractivity contribution is 7.20.